The summed E-state index contributed by atoms with van der Waals surface area (Å²) in [5.41, 5.74) is 1.77. The molecule has 6 heteroatoms. The lowest BCUT2D eigenvalue weighted by Gasteiger charge is -2.26. The molecule has 3 aromatic rings. The van der Waals surface area contributed by atoms with E-state index >= 15 is 0 Å². The molecule has 1 aliphatic rings. The fourth-order valence-electron chi connectivity index (χ4n) is 2.91. The van der Waals surface area contributed by atoms with Gasteiger partial charge in [0.15, 0.2) is 6.61 Å². The Labute approximate surface area is 154 Å². The van der Waals surface area contributed by atoms with E-state index in [9.17, 15) is 9.18 Å². The third-order valence-corrected chi connectivity index (χ3v) is 5.39. The molecule has 0 saturated carbocycles. The summed E-state index contributed by atoms with van der Waals surface area (Å²) < 4.78 is 19.0. The number of nitrogens with zero attached hydrogens (tertiary/aromatic N) is 2. The van der Waals surface area contributed by atoms with Crippen LogP contribution in [-0.2, 0) is 17.8 Å². The summed E-state index contributed by atoms with van der Waals surface area (Å²) >= 11 is 1.52. The van der Waals surface area contributed by atoms with E-state index in [2.05, 4.69) is 4.98 Å². The van der Waals surface area contributed by atoms with Crippen LogP contribution in [0.3, 0.4) is 0 Å². The second kappa shape index (κ2) is 7.25. The SMILES string of the molecule is O=C(COc1ccccc1)N1CCc2nc(-c3cccc(F)c3)sc2C1. The summed E-state index contributed by atoms with van der Waals surface area (Å²) in [5, 5.41) is 0.796. The van der Waals surface area contributed by atoms with E-state index in [1.807, 2.05) is 36.4 Å². The molecule has 0 spiro atoms. The van der Waals surface area contributed by atoms with Gasteiger partial charge in [-0.3, -0.25) is 4.79 Å². The van der Waals surface area contributed by atoms with Gasteiger partial charge in [0, 0.05) is 23.4 Å². The Bertz CT molecular complexity index is 927. The van der Waals surface area contributed by atoms with E-state index in [1.54, 1.807) is 11.0 Å². The molecular formula is C20H17FN2O2S. The van der Waals surface area contributed by atoms with Crippen molar-refractivity contribution in [3.8, 4) is 16.3 Å². The van der Waals surface area contributed by atoms with Crippen molar-refractivity contribution in [3.63, 3.8) is 0 Å². The molecule has 2 heterocycles. The second-order valence-corrected chi connectivity index (χ2v) is 7.15. The van der Waals surface area contributed by atoms with Gasteiger partial charge in [-0.15, -0.1) is 11.3 Å². The van der Waals surface area contributed by atoms with Gasteiger partial charge in [-0.25, -0.2) is 9.37 Å². The average molecular weight is 368 g/mol. The number of carbonyl (C=O) groups is 1. The number of fused-ring (bicyclic) bond motifs is 1. The molecule has 2 aromatic carbocycles. The third kappa shape index (κ3) is 3.60. The average Bonchev–Trinajstić information content (AvgIpc) is 3.10. The first kappa shape index (κ1) is 16.7. The number of thiazole rings is 1. The zero-order chi connectivity index (χ0) is 17.9. The normalized spacial score (nSPS) is 13.3. The summed E-state index contributed by atoms with van der Waals surface area (Å²) in [4.78, 5) is 19.9. The molecule has 0 bridgehead atoms. The molecule has 4 nitrogen and oxygen atoms in total. The quantitative estimate of drug-likeness (QED) is 0.701. The van der Waals surface area contributed by atoms with Crippen LogP contribution in [-0.4, -0.2) is 28.9 Å². The van der Waals surface area contributed by atoms with Crippen molar-refractivity contribution >= 4 is 17.2 Å². The first-order valence-electron chi connectivity index (χ1n) is 8.39. The Balaban J connectivity index is 1.43. The molecule has 1 amide bonds. The van der Waals surface area contributed by atoms with Crippen molar-refractivity contribution in [1.82, 2.24) is 9.88 Å². The molecule has 1 aromatic heterocycles. The number of hydrogen-bond donors (Lipinski definition) is 0. The predicted molar refractivity (Wildman–Crippen MR) is 98.6 cm³/mol. The molecule has 0 N–H and O–H groups in total. The Hall–Kier alpha value is -2.73. The summed E-state index contributed by atoms with van der Waals surface area (Å²) in [5.74, 6) is 0.371. The van der Waals surface area contributed by atoms with Gasteiger partial charge in [0.1, 0.15) is 16.6 Å². The lowest BCUT2D eigenvalue weighted by molar-refractivity contribution is -0.134. The number of halogens is 1. The number of ether oxygens (including phenoxy) is 1. The largest absolute Gasteiger partial charge is 0.484 e. The van der Waals surface area contributed by atoms with Crippen molar-refractivity contribution < 1.29 is 13.9 Å². The predicted octanol–water partition coefficient (Wildman–Crippen LogP) is 3.91. The second-order valence-electron chi connectivity index (χ2n) is 6.07. The van der Waals surface area contributed by atoms with E-state index < -0.39 is 0 Å². The van der Waals surface area contributed by atoms with Gasteiger partial charge in [-0.2, -0.15) is 0 Å². The zero-order valence-electron chi connectivity index (χ0n) is 14.0. The highest BCUT2D eigenvalue weighted by Gasteiger charge is 2.24. The minimum absolute atomic E-state index is 0.0227. The van der Waals surface area contributed by atoms with Crippen LogP contribution in [0.2, 0.25) is 0 Å². The molecule has 132 valence electrons. The van der Waals surface area contributed by atoms with Crippen LogP contribution in [0.15, 0.2) is 54.6 Å². The molecular weight excluding hydrogens is 351 g/mol. The minimum Gasteiger partial charge on any atom is -0.484 e. The number of amides is 1. The van der Waals surface area contributed by atoms with Crippen LogP contribution in [0.1, 0.15) is 10.6 Å². The van der Waals surface area contributed by atoms with Crippen LogP contribution >= 0.6 is 11.3 Å². The molecule has 0 fully saturated rings. The standard InChI is InChI=1S/C20H17FN2O2S/c21-15-6-4-5-14(11-15)20-22-17-9-10-23(12-18(17)26-20)19(24)13-25-16-7-2-1-3-8-16/h1-8,11H,9-10,12-13H2. The summed E-state index contributed by atoms with van der Waals surface area (Å²) in [7, 11) is 0. The van der Waals surface area contributed by atoms with Gasteiger partial charge in [-0.05, 0) is 24.3 Å². The molecule has 0 radical (unpaired) electrons. The maximum Gasteiger partial charge on any atom is 0.260 e. The van der Waals surface area contributed by atoms with E-state index in [0.29, 0.717) is 25.3 Å². The molecule has 0 aliphatic carbocycles. The van der Waals surface area contributed by atoms with Gasteiger partial charge >= 0.3 is 0 Å². The van der Waals surface area contributed by atoms with Crippen molar-refractivity contribution in [1.29, 1.82) is 0 Å². The van der Waals surface area contributed by atoms with Gasteiger partial charge in [0.2, 0.25) is 0 Å². The van der Waals surface area contributed by atoms with Crippen LogP contribution in [0.5, 0.6) is 5.75 Å². The van der Waals surface area contributed by atoms with Crippen LogP contribution in [0.4, 0.5) is 4.39 Å². The highest BCUT2D eigenvalue weighted by atomic mass is 32.1. The topological polar surface area (TPSA) is 42.4 Å². The third-order valence-electron chi connectivity index (χ3n) is 4.26. The molecule has 1 aliphatic heterocycles. The van der Waals surface area contributed by atoms with Gasteiger partial charge in [0.05, 0.1) is 12.2 Å². The number of carbonyl (C=O) groups excluding carboxylic acids is 1. The maximum atomic E-state index is 13.4. The van der Waals surface area contributed by atoms with Crippen LogP contribution in [0.25, 0.3) is 10.6 Å². The number of para-hydroxylation sites is 1. The van der Waals surface area contributed by atoms with Gasteiger partial charge < -0.3 is 9.64 Å². The monoisotopic (exact) mass is 368 g/mol. The Morgan fingerprint density at radius 1 is 1.19 bits per heavy atom. The smallest absolute Gasteiger partial charge is 0.260 e. The van der Waals surface area contributed by atoms with Crippen molar-refractivity contribution in [2.45, 2.75) is 13.0 Å². The number of hydrogen-bond acceptors (Lipinski definition) is 4. The molecule has 0 atom stereocenters. The lowest BCUT2D eigenvalue weighted by atomic mass is 10.1. The minimum atomic E-state index is -0.273. The van der Waals surface area contributed by atoms with Crippen molar-refractivity contribution in [3.05, 3.63) is 71.0 Å². The Kier molecular flexibility index (Phi) is 4.67. The number of aromatic nitrogens is 1. The van der Waals surface area contributed by atoms with Crippen molar-refractivity contribution in [2.24, 2.45) is 0 Å². The van der Waals surface area contributed by atoms with E-state index in [-0.39, 0.29) is 18.3 Å². The highest BCUT2D eigenvalue weighted by Crippen LogP contribution is 2.32. The molecule has 4 rings (SSSR count). The molecule has 0 unspecified atom stereocenters. The van der Waals surface area contributed by atoms with E-state index in [1.165, 1.54) is 23.5 Å². The van der Waals surface area contributed by atoms with Crippen LogP contribution < -0.4 is 4.74 Å². The van der Waals surface area contributed by atoms with Crippen LogP contribution in [0, 0.1) is 5.82 Å². The fourth-order valence-corrected chi connectivity index (χ4v) is 4.03. The van der Waals surface area contributed by atoms with Crippen molar-refractivity contribution in [2.75, 3.05) is 13.2 Å². The first-order valence-corrected chi connectivity index (χ1v) is 9.21. The Morgan fingerprint density at radius 3 is 2.85 bits per heavy atom. The summed E-state index contributed by atoms with van der Waals surface area (Å²) in [6, 6.07) is 15.8. The fraction of sp³-hybridized carbons (Fsp3) is 0.200. The number of benzene rings is 2. The molecule has 0 saturated heterocycles. The first-order chi connectivity index (χ1) is 12.7. The lowest BCUT2D eigenvalue weighted by Crippen LogP contribution is -2.38. The maximum absolute atomic E-state index is 13.4. The van der Waals surface area contributed by atoms with Gasteiger partial charge in [0.25, 0.3) is 5.91 Å². The summed E-state index contributed by atoms with van der Waals surface area (Å²) in [6.45, 7) is 1.17. The zero-order valence-corrected chi connectivity index (χ0v) is 14.8. The molecule has 26 heavy (non-hydrogen) atoms. The van der Waals surface area contributed by atoms with Gasteiger partial charge in [-0.1, -0.05) is 30.3 Å². The van der Waals surface area contributed by atoms with E-state index in [4.69, 9.17) is 4.74 Å². The van der Waals surface area contributed by atoms with E-state index in [0.717, 1.165) is 21.1 Å². The number of rotatable bonds is 4. The highest BCUT2D eigenvalue weighted by molar-refractivity contribution is 7.15. The Morgan fingerprint density at radius 2 is 2.04 bits per heavy atom. The summed E-state index contributed by atoms with van der Waals surface area (Å²) in [6.07, 6.45) is 0.707.